The highest BCUT2D eigenvalue weighted by Gasteiger charge is 2.13. The van der Waals surface area contributed by atoms with E-state index >= 15 is 0 Å². The molecular formula is C14H15BrN2O2. The number of halogens is 1. The molecule has 0 bridgehead atoms. The molecule has 0 saturated carbocycles. The Morgan fingerprint density at radius 2 is 2.21 bits per heavy atom. The van der Waals surface area contributed by atoms with Gasteiger partial charge in [0.25, 0.3) is 0 Å². The fraction of sp³-hybridized carbons (Fsp3) is 0.357. The minimum atomic E-state index is 0.124. The molecule has 19 heavy (non-hydrogen) atoms. The molecule has 2 rings (SSSR count). The fourth-order valence-corrected chi connectivity index (χ4v) is 2.17. The summed E-state index contributed by atoms with van der Waals surface area (Å²) in [4.78, 5) is 15.9. The normalized spacial score (nSPS) is 10.9. The zero-order chi connectivity index (χ0) is 13.8. The molecule has 5 heteroatoms. The Morgan fingerprint density at radius 3 is 2.89 bits per heavy atom. The summed E-state index contributed by atoms with van der Waals surface area (Å²) < 4.78 is 6.07. The third-order valence-electron chi connectivity index (χ3n) is 2.54. The van der Waals surface area contributed by atoms with Crippen LogP contribution in [0.4, 0.5) is 0 Å². The van der Waals surface area contributed by atoms with Crippen LogP contribution in [0.5, 0.6) is 0 Å². The van der Waals surface area contributed by atoms with Crippen molar-refractivity contribution in [2.45, 2.75) is 26.7 Å². The van der Waals surface area contributed by atoms with Crippen LogP contribution in [0.3, 0.4) is 0 Å². The lowest BCUT2D eigenvalue weighted by Crippen LogP contribution is -2.06. The third-order valence-corrected chi connectivity index (χ3v) is 3.03. The molecule has 0 saturated heterocycles. The van der Waals surface area contributed by atoms with E-state index in [1.807, 2.05) is 38.1 Å². The van der Waals surface area contributed by atoms with Crippen molar-refractivity contribution in [3.63, 3.8) is 0 Å². The largest absolute Gasteiger partial charge is 0.339 e. The summed E-state index contributed by atoms with van der Waals surface area (Å²) in [6.07, 6.45) is 0.744. The number of ketones is 1. The van der Waals surface area contributed by atoms with E-state index in [0.717, 1.165) is 10.0 Å². The third kappa shape index (κ3) is 3.99. The fourth-order valence-electron chi connectivity index (χ4n) is 1.77. The Balaban J connectivity index is 2.09. The zero-order valence-corrected chi connectivity index (χ0v) is 12.5. The summed E-state index contributed by atoms with van der Waals surface area (Å²) >= 11 is 3.39. The first-order valence-electron chi connectivity index (χ1n) is 6.15. The van der Waals surface area contributed by atoms with Gasteiger partial charge in [-0.2, -0.15) is 4.98 Å². The molecule has 0 spiro atoms. The minimum Gasteiger partial charge on any atom is -0.339 e. The summed E-state index contributed by atoms with van der Waals surface area (Å²) in [5.41, 5.74) is 0.862. The van der Waals surface area contributed by atoms with Crippen molar-refractivity contribution in [3.8, 4) is 11.4 Å². The zero-order valence-electron chi connectivity index (χ0n) is 10.9. The molecule has 0 fully saturated rings. The number of benzene rings is 1. The maximum atomic E-state index is 11.7. The van der Waals surface area contributed by atoms with Crippen LogP contribution >= 0.6 is 15.9 Å². The smallest absolute Gasteiger partial charge is 0.234 e. The second-order valence-corrected chi connectivity index (χ2v) is 5.75. The standard InChI is InChI=1S/C14H15BrN2O2/c1-9(2)6-12(18)8-13-16-14(17-19-13)10-4-3-5-11(15)7-10/h3-5,7,9H,6,8H2,1-2H3. The van der Waals surface area contributed by atoms with Gasteiger partial charge in [0, 0.05) is 16.5 Å². The van der Waals surface area contributed by atoms with Gasteiger partial charge in [-0.3, -0.25) is 4.79 Å². The van der Waals surface area contributed by atoms with Crippen molar-refractivity contribution in [2.75, 3.05) is 0 Å². The molecule has 0 amide bonds. The van der Waals surface area contributed by atoms with Crippen LogP contribution in [-0.4, -0.2) is 15.9 Å². The van der Waals surface area contributed by atoms with Gasteiger partial charge in [0.2, 0.25) is 11.7 Å². The molecule has 0 aliphatic carbocycles. The molecule has 0 aliphatic rings. The maximum Gasteiger partial charge on any atom is 0.234 e. The summed E-state index contributed by atoms with van der Waals surface area (Å²) in [5.74, 6) is 1.36. The van der Waals surface area contributed by atoms with Crippen LogP contribution < -0.4 is 0 Å². The molecule has 0 atom stereocenters. The molecular weight excluding hydrogens is 308 g/mol. The lowest BCUT2D eigenvalue weighted by molar-refractivity contribution is -0.119. The molecule has 0 aliphatic heterocycles. The monoisotopic (exact) mass is 322 g/mol. The minimum absolute atomic E-state index is 0.124. The van der Waals surface area contributed by atoms with E-state index in [4.69, 9.17) is 4.52 Å². The quantitative estimate of drug-likeness (QED) is 0.843. The Kier molecular flexibility index (Phi) is 4.47. The lowest BCUT2D eigenvalue weighted by atomic mass is 10.1. The van der Waals surface area contributed by atoms with E-state index < -0.39 is 0 Å². The van der Waals surface area contributed by atoms with Gasteiger partial charge in [0.05, 0.1) is 6.42 Å². The molecule has 1 aromatic heterocycles. The number of nitrogens with zero attached hydrogens (tertiary/aromatic N) is 2. The SMILES string of the molecule is CC(C)CC(=O)Cc1nc(-c2cccc(Br)c2)no1. The van der Waals surface area contributed by atoms with Gasteiger partial charge in [-0.25, -0.2) is 0 Å². The van der Waals surface area contributed by atoms with Crippen molar-refractivity contribution in [2.24, 2.45) is 5.92 Å². The first-order valence-corrected chi connectivity index (χ1v) is 6.94. The van der Waals surface area contributed by atoms with Crippen molar-refractivity contribution >= 4 is 21.7 Å². The Morgan fingerprint density at radius 1 is 1.42 bits per heavy atom. The second-order valence-electron chi connectivity index (χ2n) is 4.84. The highest BCUT2D eigenvalue weighted by Crippen LogP contribution is 2.20. The van der Waals surface area contributed by atoms with Crippen LogP contribution in [0.1, 0.15) is 26.2 Å². The van der Waals surface area contributed by atoms with E-state index in [9.17, 15) is 4.79 Å². The number of carbonyl (C=O) groups excluding carboxylic acids is 1. The lowest BCUT2D eigenvalue weighted by Gasteiger charge is -2.00. The Hall–Kier alpha value is -1.49. The number of hydrogen-bond donors (Lipinski definition) is 0. The van der Waals surface area contributed by atoms with Crippen molar-refractivity contribution in [1.82, 2.24) is 10.1 Å². The van der Waals surface area contributed by atoms with Crippen molar-refractivity contribution in [3.05, 3.63) is 34.6 Å². The van der Waals surface area contributed by atoms with E-state index in [1.165, 1.54) is 0 Å². The van der Waals surface area contributed by atoms with E-state index in [1.54, 1.807) is 0 Å². The highest BCUT2D eigenvalue weighted by molar-refractivity contribution is 9.10. The molecule has 1 heterocycles. The molecule has 4 nitrogen and oxygen atoms in total. The number of Topliss-reactive ketones (excluding diaryl/α,β-unsaturated/α-hetero) is 1. The predicted molar refractivity (Wildman–Crippen MR) is 75.6 cm³/mol. The molecule has 0 unspecified atom stereocenters. The number of rotatable bonds is 5. The number of hydrogen-bond acceptors (Lipinski definition) is 4. The van der Waals surface area contributed by atoms with E-state index in [-0.39, 0.29) is 12.2 Å². The molecule has 2 aromatic rings. The predicted octanol–water partition coefficient (Wildman–Crippen LogP) is 3.66. The highest BCUT2D eigenvalue weighted by atomic mass is 79.9. The van der Waals surface area contributed by atoms with Crippen LogP contribution in [0.2, 0.25) is 0 Å². The summed E-state index contributed by atoms with van der Waals surface area (Å²) in [6, 6.07) is 7.63. The number of aromatic nitrogens is 2. The molecule has 0 N–H and O–H groups in total. The van der Waals surface area contributed by atoms with Gasteiger partial charge in [-0.15, -0.1) is 0 Å². The van der Waals surface area contributed by atoms with Gasteiger partial charge >= 0.3 is 0 Å². The van der Waals surface area contributed by atoms with Gasteiger partial charge in [0.1, 0.15) is 5.78 Å². The van der Waals surface area contributed by atoms with Crippen molar-refractivity contribution in [1.29, 1.82) is 0 Å². The first-order chi connectivity index (χ1) is 9.04. The van der Waals surface area contributed by atoms with Crippen LogP contribution in [0.15, 0.2) is 33.3 Å². The number of carbonyl (C=O) groups is 1. The van der Waals surface area contributed by atoms with E-state index in [0.29, 0.717) is 24.1 Å². The maximum absolute atomic E-state index is 11.7. The molecule has 100 valence electrons. The van der Waals surface area contributed by atoms with Gasteiger partial charge < -0.3 is 4.52 Å². The van der Waals surface area contributed by atoms with Gasteiger partial charge in [-0.1, -0.05) is 47.1 Å². The summed E-state index contributed by atoms with van der Waals surface area (Å²) in [7, 11) is 0. The molecule has 0 radical (unpaired) electrons. The van der Waals surface area contributed by atoms with Crippen molar-refractivity contribution < 1.29 is 9.32 Å². The first kappa shape index (κ1) is 13.9. The summed E-state index contributed by atoms with van der Waals surface area (Å²) in [6.45, 7) is 4.03. The average molecular weight is 323 g/mol. The Bertz CT molecular complexity index is 578. The second kappa shape index (κ2) is 6.10. The van der Waals surface area contributed by atoms with Crippen LogP contribution in [-0.2, 0) is 11.2 Å². The van der Waals surface area contributed by atoms with Crippen LogP contribution in [0, 0.1) is 5.92 Å². The average Bonchev–Trinajstić information content (AvgIpc) is 2.76. The topological polar surface area (TPSA) is 56.0 Å². The van der Waals surface area contributed by atoms with E-state index in [2.05, 4.69) is 26.1 Å². The summed E-state index contributed by atoms with van der Waals surface area (Å²) in [5, 5.41) is 3.90. The Labute approximate surface area is 120 Å². The van der Waals surface area contributed by atoms with Crippen LogP contribution in [0.25, 0.3) is 11.4 Å². The van der Waals surface area contributed by atoms with Gasteiger partial charge in [0.15, 0.2) is 0 Å². The van der Waals surface area contributed by atoms with Gasteiger partial charge in [-0.05, 0) is 18.1 Å². The molecule has 1 aromatic carbocycles.